The first-order valence-electron chi connectivity index (χ1n) is 23.3. The van der Waals surface area contributed by atoms with Gasteiger partial charge < -0.3 is 9.32 Å². The Balaban J connectivity index is 0.945. The van der Waals surface area contributed by atoms with E-state index in [9.17, 15) is 0 Å². The van der Waals surface area contributed by atoms with Gasteiger partial charge in [0, 0.05) is 48.0 Å². The molecule has 0 saturated carbocycles. The Morgan fingerprint density at radius 2 is 0.926 bits per heavy atom. The molecule has 0 aliphatic heterocycles. The van der Waals surface area contributed by atoms with Crippen LogP contribution in [0.4, 0.5) is 17.1 Å². The second kappa shape index (κ2) is 15.3. The standard InChI is InChI=1S/C65H41NOS/c1-2-14-45-39-48(33-27-42(45)13-1)65(59-23-7-3-17-53(59)54-18-4-8-24-60(54)65)47-15-11-16-51(41-47)66(49-34-28-43(29-35-49)46-32-38-62-58(40-46)55-19-5-9-25-61(55)67-62)50-36-30-44(31-37-50)52-21-12-22-57-56-20-6-10-26-63(56)68-64(52)57/h1-41H. The van der Waals surface area contributed by atoms with E-state index in [1.165, 1.54) is 75.5 Å². The predicted molar refractivity (Wildman–Crippen MR) is 287 cm³/mol. The number of thiophene rings is 1. The van der Waals surface area contributed by atoms with Gasteiger partial charge in [0.15, 0.2) is 0 Å². The molecule has 11 aromatic carbocycles. The molecule has 2 aromatic heterocycles. The van der Waals surface area contributed by atoms with E-state index in [-0.39, 0.29) is 0 Å². The second-order valence-corrected chi connectivity index (χ2v) is 19.0. The summed E-state index contributed by atoms with van der Waals surface area (Å²) in [5.41, 5.74) is 16.9. The Morgan fingerprint density at radius 1 is 0.338 bits per heavy atom. The normalized spacial score (nSPS) is 12.8. The minimum Gasteiger partial charge on any atom is -0.456 e. The molecule has 0 bridgehead atoms. The molecular formula is C65H41NOS. The fraction of sp³-hybridized carbons (Fsp3) is 0.0154. The van der Waals surface area contributed by atoms with Gasteiger partial charge in [0.05, 0.1) is 5.41 Å². The number of anilines is 3. The lowest BCUT2D eigenvalue weighted by atomic mass is 9.67. The average Bonchev–Trinajstić information content (AvgIpc) is 4.08. The Bertz CT molecular complexity index is 4050. The molecule has 0 N–H and O–H groups in total. The summed E-state index contributed by atoms with van der Waals surface area (Å²) in [6.07, 6.45) is 0. The lowest BCUT2D eigenvalue weighted by molar-refractivity contribution is 0.669. The first kappa shape index (κ1) is 38.7. The SMILES string of the molecule is c1cc(N(c2ccc(-c3ccc4oc5ccccc5c4c3)cc2)c2ccc(-c3cccc4c3sc3ccccc34)cc2)cc(C2(c3ccc4ccccc4c3)c3ccccc3-c3ccccc32)c1. The van der Waals surface area contributed by atoms with Crippen LogP contribution in [0.1, 0.15) is 22.3 Å². The molecule has 0 atom stereocenters. The van der Waals surface area contributed by atoms with Crippen molar-refractivity contribution in [2.24, 2.45) is 0 Å². The molecule has 68 heavy (non-hydrogen) atoms. The number of hydrogen-bond acceptors (Lipinski definition) is 3. The highest BCUT2D eigenvalue weighted by Crippen LogP contribution is 2.57. The summed E-state index contributed by atoms with van der Waals surface area (Å²) in [5.74, 6) is 0. The lowest BCUT2D eigenvalue weighted by Gasteiger charge is -2.35. The van der Waals surface area contributed by atoms with Crippen molar-refractivity contribution in [2.45, 2.75) is 5.41 Å². The van der Waals surface area contributed by atoms with Gasteiger partial charge in [-0.3, -0.25) is 0 Å². The van der Waals surface area contributed by atoms with E-state index < -0.39 is 5.41 Å². The molecule has 1 aliphatic carbocycles. The molecule has 0 amide bonds. The summed E-state index contributed by atoms with van der Waals surface area (Å²) in [5, 5.41) is 7.35. The molecule has 318 valence electrons. The van der Waals surface area contributed by atoms with Crippen molar-refractivity contribution in [2.75, 3.05) is 4.90 Å². The summed E-state index contributed by atoms with van der Waals surface area (Å²) in [6, 6.07) is 91.6. The minimum atomic E-state index is -0.564. The molecule has 0 radical (unpaired) electrons. The smallest absolute Gasteiger partial charge is 0.135 e. The highest BCUT2D eigenvalue weighted by molar-refractivity contribution is 7.26. The molecule has 0 fully saturated rings. The maximum atomic E-state index is 6.20. The van der Waals surface area contributed by atoms with Crippen molar-refractivity contribution in [3.63, 3.8) is 0 Å². The molecule has 2 heterocycles. The summed E-state index contributed by atoms with van der Waals surface area (Å²) in [6.45, 7) is 0. The van der Waals surface area contributed by atoms with Crippen molar-refractivity contribution < 1.29 is 4.42 Å². The van der Waals surface area contributed by atoms with Crippen LogP contribution >= 0.6 is 11.3 Å². The molecule has 0 spiro atoms. The number of para-hydroxylation sites is 1. The zero-order valence-electron chi connectivity index (χ0n) is 36.9. The van der Waals surface area contributed by atoms with E-state index in [4.69, 9.17) is 4.42 Å². The van der Waals surface area contributed by atoms with E-state index in [1.54, 1.807) is 0 Å². The number of nitrogens with zero attached hydrogens (tertiary/aromatic N) is 1. The van der Waals surface area contributed by atoms with E-state index >= 15 is 0 Å². The van der Waals surface area contributed by atoms with Crippen LogP contribution < -0.4 is 4.90 Å². The Kier molecular flexibility index (Phi) is 8.71. The quantitative estimate of drug-likeness (QED) is 0.159. The number of hydrogen-bond donors (Lipinski definition) is 0. The van der Waals surface area contributed by atoms with Gasteiger partial charge in [-0.05, 0) is 133 Å². The number of fused-ring (bicyclic) bond motifs is 10. The zero-order valence-corrected chi connectivity index (χ0v) is 37.8. The van der Waals surface area contributed by atoms with Gasteiger partial charge in [0.25, 0.3) is 0 Å². The van der Waals surface area contributed by atoms with Crippen LogP contribution in [0.5, 0.6) is 0 Å². The fourth-order valence-corrected chi connectivity index (χ4v) is 12.5. The first-order chi connectivity index (χ1) is 33.7. The molecular weight excluding hydrogens is 843 g/mol. The highest BCUT2D eigenvalue weighted by atomic mass is 32.1. The molecule has 3 heteroatoms. The van der Waals surface area contributed by atoms with E-state index in [2.05, 4.69) is 241 Å². The molecule has 14 rings (SSSR count). The van der Waals surface area contributed by atoms with E-state index in [0.29, 0.717) is 0 Å². The van der Waals surface area contributed by atoms with Gasteiger partial charge in [-0.15, -0.1) is 11.3 Å². The largest absolute Gasteiger partial charge is 0.456 e. The maximum Gasteiger partial charge on any atom is 0.135 e. The van der Waals surface area contributed by atoms with Crippen LogP contribution in [-0.2, 0) is 5.41 Å². The Hall–Kier alpha value is -8.50. The topological polar surface area (TPSA) is 16.4 Å². The van der Waals surface area contributed by atoms with Gasteiger partial charge >= 0.3 is 0 Å². The van der Waals surface area contributed by atoms with Gasteiger partial charge in [-0.1, -0.05) is 182 Å². The average molecular weight is 884 g/mol. The minimum absolute atomic E-state index is 0.564. The molecule has 0 unspecified atom stereocenters. The van der Waals surface area contributed by atoms with Crippen LogP contribution in [-0.4, -0.2) is 0 Å². The van der Waals surface area contributed by atoms with Crippen molar-refractivity contribution in [1.29, 1.82) is 0 Å². The molecule has 13 aromatic rings. The van der Waals surface area contributed by atoms with Crippen LogP contribution in [0.3, 0.4) is 0 Å². The predicted octanol–water partition coefficient (Wildman–Crippen LogP) is 18.3. The van der Waals surface area contributed by atoms with E-state index in [1.807, 2.05) is 23.5 Å². The number of furan rings is 1. The molecule has 1 aliphatic rings. The summed E-state index contributed by atoms with van der Waals surface area (Å²) in [7, 11) is 0. The second-order valence-electron chi connectivity index (χ2n) is 18.0. The third-order valence-corrected chi connectivity index (χ3v) is 15.6. The summed E-state index contributed by atoms with van der Waals surface area (Å²) in [4.78, 5) is 2.42. The van der Waals surface area contributed by atoms with Crippen molar-refractivity contribution in [3.05, 3.63) is 271 Å². The fourth-order valence-electron chi connectivity index (χ4n) is 11.2. The van der Waals surface area contributed by atoms with Crippen molar-refractivity contribution >= 4 is 81.3 Å². The third kappa shape index (κ3) is 5.89. The summed E-state index contributed by atoms with van der Waals surface area (Å²) >= 11 is 1.87. The van der Waals surface area contributed by atoms with Crippen LogP contribution in [0.2, 0.25) is 0 Å². The first-order valence-corrected chi connectivity index (χ1v) is 24.1. The van der Waals surface area contributed by atoms with Gasteiger partial charge in [0.2, 0.25) is 0 Å². The van der Waals surface area contributed by atoms with Gasteiger partial charge in [0.1, 0.15) is 11.2 Å². The van der Waals surface area contributed by atoms with Gasteiger partial charge in [-0.25, -0.2) is 0 Å². The lowest BCUT2D eigenvalue weighted by Crippen LogP contribution is -2.29. The van der Waals surface area contributed by atoms with Crippen LogP contribution in [0.25, 0.3) is 86.3 Å². The Labute approximate surface area is 398 Å². The molecule has 0 saturated heterocycles. The third-order valence-electron chi connectivity index (χ3n) is 14.3. The summed E-state index contributed by atoms with van der Waals surface area (Å²) < 4.78 is 8.83. The highest BCUT2D eigenvalue weighted by Gasteiger charge is 2.46. The Morgan fingerprint density at radius 3 is 1.72 bits per heavy atom. The van der Waals surface area contributed by atoms with Crippen LogP contribution in [0.15, 0.2) is 253 Å². The van der Waals surface area contributed by atoms with Crippen molar-refractivity contribution in [3.8, 4) is 33.4 Å². The molecule has 2 nitrogen and oxygen atoms in total. The maximum absolute atomic E-state index is 6.20. The number of benzene rings is 11. The van der Waals surface area contributed by atoms with Crippen LogP contribution in [0, 0.1) is 0 Å². The van der Waals surface area contributed by atoms with E-state index in [0.717, 1.165) is 50.1 Å². The van der Waals surface area contributed by atoms with Crippen molar-refractivity contribution in [1.82, 2.24) is 0 Å². The monoisotopic (exact) mass is 883 g/mol. The number of rotatable bonds is 7. The van der Waals surface area contributed by atoms with Gasteiger partial charge in [-0.2, -0.15) is 0 Å². The zero-order chi connectivity index (χ0) is 44.8.